The van der Waals surface area contributed by atoms with Crippen molar-refractivity contribution in [1.82, 2.24) is 0 Å². The Hall–Kier alpha value is -2.37. The minimum Gasteiger partial charge on any atom is -0.481 e. The molecule has 0 aliphatic heterocycles. The first-order valence-electron chi connectivity index (χ1n) is 13.3. The number of fused-ring (bicyclic) bond motifs is 4. The zero-order chi connectivity index (χ0) is 27.0. The van der Waals surface area contributed by atoms with E-state index in [1.54, 1.807) is 0 Å². The van der Waals surface area contributed by atoms with E-state index in [-0.39, 0.29) is 54.2 Å². The van der Waals surface area contributed by atoms with Gasteiger partial charge in [0.25, 0.3) is 0 Å². The van der Waals surface area contributed by atoms with Crippen LogP contribution in [0.15, 0.2) is 22.8 Å². The van der Waals surface area contributed by atoms with E-state index in [1.807, 2.05) is 34.6 Å². The predicted molar refractivity (Wildman–Crippen MR) is 135 cm³/mol. The Morgan fingerprint density at radius 2 is 1.69 bits per heavy atom. The molecule has 196 valence electrons. The highest BCUT2D eigenvalue weighted by molar-refractivity contribution is 6.05. The molecule has 0 amide bonds. The molecule has 6 nitrogen and oxygen atoms in total. The van der Waals surface area contributed by atoms with Crippen LogP contribution in [0.1, 0.15) is 93.4 Å². The average molecular weight is 497 g/mol. The summed E-state index contributed by atoms with van der Waals surface area (Å²) in [6.07, 6.45) is 4.43. The van der Waals surface area contributed by atoms with Crippen molar-refractivity contribution in [3.05, 3.63) is 22.8 Å². The SMILES string of the molecule is C/C(=C/C(=O)CC(C)C(=O)O)[C@@H]1CC(=O)[C@]2(C)C3=C(C(=O)C[C@@]12C)[C@]1(C)CCC(=O)C(C)(C)[C@H]1CC3. The number of rotatable bonds is 5. The number of carboxylic acids is 1. The van der Waals surface area contributed by atoms with Gasteiger partial charge >= 0.3 is 5.97 Å². The van der Waals surface area contributed by atoms with Crippen LogP contribution in [-0.2, 0) is 24.0 Å². The number of hydrogen-bond acceptors (Lipinski definition) is 5. The number of carboxylic acid groups (broad SMARTS) is 1. The van der Waals surface area contributed by atoms with Crippen LogP contribution in [-0.4, -0.2) is 34.2 Å². The number of ketones is 4. The molecule has 0 spiro atoms. The van der Waals surface area contributed by atoms with Gasteiger partial charge in [-0.05, 0) is 62.0 Å². The first-order chi connectivity index (χ1) is 16.5. The number of hydrogen-bond donors (Lipinski definition) is 1. The van der Waals surface area contributed by atoms with Crippen LogP contribution in [0.4, 0.5) is 0 Å². The predicted octanol–water partition coefficient (Wildman–Crippen LogP) is 5.29. The van der Waals surface area contributed by atoms with E-state index < -0.39 is 33.5 Å². The third-order valence-corrected chi connectivity index (χ3v) is 10.9. The van der Waals surface area contributed by atoms with Gasteiger partial charge in [-0.3, -0.25) is 24.0 Å². The van der Waals surface area contributed by atoms with E-state index in [0.29, 0.717) is 19.3 Å². The Bertz CT molecular complexity index is 1140. The average Bonchev–Trinajstić information content (AvgIpc) is 2.97. The first-order valence-corrected chi connectivity index (χ1v) is 13.3. The van der Waals surface area contributed by atoms with Crippen LogP contribution in [0, 0.1) is 39.4 Å². The van der Waals surface area contributed by atoms with Crippen LogP contribution >= 0.6 is 0 Å². The number of allylic oxidation sites excluding steroid dienone is 4. The second kappa shape index (κ2) is 8.32. The summed E-state index contributed by atoms with van der Waals surface area (Å²) in [7, 11) is 0. The summed E-state index contributed by atoms with van der Waals surface area (Å²) >= 11 is 0. The number of carbonyl (C=O) groups is 5. The topological polar surface area (TPSA) is 106 Å². The Balaban J connectivity index is 1.76. The van der Waals surface area contributed by atoms with Crippen molar-refractivity contribution in [2.24, 2.45) is 39.4 Å². The second-order valence-electron chi connectivity index (χ2n) is 13.1. The van der Waals surface area contributed by atoms with Crippen LogP contribution in [0.25, 0.3) is 0 Å². The molecule has 0 saturated heterocycles. The van der Waals surface area contributed by atoms with Gasteiger partial charge in [-0.15, -0.1) is 0 Å². The third kappa shape index (κ3) is 3.46. The van der Waals surface area contributed by atoms with Crippen LogP contribution < -0.4 is 0 Å². The van der Waals surface area contributed by atoms with Gasteiger partial charge in [-0.2, -0.15) is 0 Å². The van der Waals surface area contributed by atoms with Crippen LogP contribution in [0.2, 0.25) is 0 Å². The first kappa shape index (κ1) is 26.7. The highest BCUT2D eigenvalue weighted by Gasteiger charge is 2.68. The Morgan fingerprint density at radius 1 is 1.06 bits per heavy atom. The van der Waals surface area contributed by atoms with E-state index in [1.165, 1.54) is 13.0 Å². The summed E-state index contributed by atoms with van der Waals surface area (Å²) in [5.41, 5.74) is 0.159. The molecule has 6 atom stereocenters. The molecule has 2 saturated carbocycles. The van der Waals surface area contributed by atoms with Crippen molar-refractivity contribution in [2.75, 3.05) is 0 Å². The van der Waals surface area contributed by atoms with Crippen molar-refractivity contribution in [2.45, 2.75) is 93.4 Å². The van der Waals surface area contributed by atoms with Gasteiger partial charge in [0.05, 0.1) is 11.3 Å². The summed E-state index contributed by atoms with van der Waals surface area (Å²) < 4.78 is 0. The lowest BCUT2D eigenvalue weighted by molar-refractivity contribution is -0.143. The molecular formula is C30H40O6. The summed E-state index contributed by atoms with van der Waals surface area (Å²) in [6, 6.07) is 0. The van der Waals surface area contributed by atoms with Gasteiger partial charge < -0.3 is 5.11 Å². The number of Topliss-reactive ketones (excluding diaryl/α,β-unsaturated/α-hetero) is 3. The normalized spacial score (nSPS) is 38.9. The minimum absolute atomic E-state index is 0.0738. The lowest BCUT2D eigenvalue weighted by Gasteiger charge is -2.59. The highest BCUT2D eigenvalue weighted by Crippen LogP contribution is 2.70. The standard InChI is InChI=1S/C30H40O6/c1-16(12-18(31)13-17(2)26(35)36)20-14-24(34)30(7)19-8-9-22-27(3,4)23(33)10-11-28(22,5)25(19)21(32)15-29(20,30)6/h12,17,20,22H,8-11,13-15H2,1-7H3,(H,35,36)/b16-12-/t17?,20-,22+,28+,29-,30-/m0/s1. The van der Waals surface area contributed by atoms with E-state index in [2.05, 4.69) is 6.92 Å². The van der Waals surface area contributed by atoms with Gasteiger partial charge in [-0.25, -0.2) is 0 Å². The van der Waals surface area contributed by atoms with Crippen molar-refractivity contribution >= 4 is 29.1 Å². The van der Waals surface area contributed by atoms with Crippen molar-refractivity contribution in [3.63, 3.8) is 0 Å². The van der Waals surface area contributed by atoms with E-state index in [4.69, 9.17) is 5.11 Å². The molecule has 2 fully saturated rings. The summed E-state index contributed by atoms with van der Waals surface area (Å²) in [4.78, 5) is 64.4. The Labute approximate surface area is 214 Å². The fourth-order valence-electron chi connectivity index (χ4n) is 8.57. The molecule has 6 heteroatoms. The van der Waals surface area contributed by atoms with Crippen LogP contribution in [0.5, 0.6) is 0 Å². The molecule has 0 bridgehead atoms. The smallest absolute Gasteiger partial charge is 0.306 e. The molecule has 0 aromatic rings. The van der Waals surface area contributed by atoms with E-state index >= 15 is 0 Å². The summed E-state index contributed by atoms with van der Waals surface area (Å²) in [5.74, 6) is -1.79. The van der Waals surface area contributed by atoms with Gasteiger partial charge in [0.2, 0.25) is 0 Å². The van der Waals surface area contributed by atoms with Gasteiger partial charge in [0.1, 0.15) is 11.6 Å². The molecule has 4 aliphatic rings. The molecule has 0 heterocycles. The molecule has 36 heavy (non-hydrogen) atoms. The van der Waals surface area contributed by atoms with Gasteiger partial charge in [0, 0.05) is 42.1 Å². The Kier molecular flexibility index (Phi) is 6.17. The summed E-state index contributed by atoms with van der Waals surface area (Å²) in [6.45, 7) is 13.5. The summed E-state index contributed by atoms with van der Waals surface area (Å²) in [5, 5.41) is 9.15. The molecular weight excluding hydrogens is 456 g/mol. The molecule has 0 radical (unpaired) electrons. The molecule has 0 aromatic heterocycles. The molecule has 1 unspecified atom stereocenters. The maximum Gasteiger partial charge on any atom is 0.306 e. The second-order valence-corrected chi connectivity index (χ2v) is 13.1. The lowest BCUT2D eigenvalue weighted by Crippen LogP contribution is -2.56. The largest absolute Gasteiger partial charge is 0.481 e. The lowest BCUT2D eigenvalue weighted by atomic mass is 9.43. The maximum atomic E-state index is 14.0. The quantitative estimate of drug-likeness (QED) is 0.519. The van der Waals surface area contributed by atoms with E-state index in [0.717, 1.165) is 23.1 Å². The van der Waals surface area contributed by atoms with Crippen molar-refractivity contribution in [1.29, 1.82) is 0 Å². The molecule has 1 N–H and O–H groups in total. The van der Waals surface area contributed by atoms with Gasteiger partial charge in [-0.1, -0.05) is 40.2 Å². The zero-order valence-electron chi connectivity index (χ0n) is 22.7. The Morgan fingerprint density at radius 3 is 2.31 bits per heavy atom. The molecule has 4 aliphatic carbocycles. The van der Waals surface area contributed by atoms with Gasteiger partial charge in [0.15, 0.2) is 11.6 Å². The highest BCUT2D eigenvalue weighted by atomic mass is 16.4. The maximum absolute atomic E-state index is 14.0. The zero-order valence-corrected chi connectivity index (χ0v) is 22.7. The van der Waals surface area contributed by atoms with E-state index in [9.17, 15) is 24.0 Å². The number of carbonyl (C=O) groups excluding carboxylic acids is 4. The minimum atomic E-state index is -1.01. The van der Waals surface area contributed by atoms with Crippen molar-refractivity contribution < 1.29 is 29.1 Å². The van der Waals surface area contributed by atoms with Crippen molar-refractivity contribution in [3.8, 4) is 0 Å². The monoisotopic (exact) mass is 496 g/mol. The van der Waals surface area contributed by atoms with Crippen LogP contribution in [0.3, 0.4) is 0 Å². The fraction of sp³-hybridized carbons (Fsp3) is 0.700. The molecule has 4 rings (SSSR count). The fourth-order valence-corrected chi connectivity index (χ4v) is 8.57. The molecule has 0 aromatic carbocycles. The number of aliphatic carboxylic acids is 1. The third-order valence-electron chi connectivity index (χ3n) is 10.9.